The van der Waals surface area contributed by atoms with Crippen molar-refractivity contribution in [2.75, 3.05) is 26.1 Å². The zero-order valence-electron chi connectivity index (χ0n) is 14.5. The summed E-state index contributed by atoms with van der Waals surface area (Å²) >= 11 is 2.04. The molecule has 1 fully saturated rings. The Morgan fingerprint density at radius 2 is 1.55 bits per heavy atom. The van der Waals surface area contributed by atoms with Gasteiger partial charge in [-0.25, -0.2) is 0 Å². The molecule has 0 aliphatic heterocycles. The highest BCUT2D eigenvalue weighted by Gasteiger charge is 2.41. The maximum absolute atomic E-state index is 5.96. The van der Waals surface area contributed by atoms with Crippen molar-refractivity contribution in [3.63, 3.8) is 0 Å². The van der Waals surface area contributed by atoms with E-state index in [9.17, 15) is 0 Å². The van der Waals surface area contributed by atoms with E-state index in [4.69, 9.17) is 13.3 Å². The second-order valence-electron chi connectivity index (χ2n) is 5.95. The lowest BCUT2D eigenvalue weighted by Gasteiger charge is -2.35. The van der Waals surface area contributed by atoms with E-state index in [1.54, 1.807) is 0 Å². The number of thioether (sulfide) groups is 1. The number of hydrogen-bond donors (Lipinski definition) is 0. The minimum atomic E-state index is -2.43. The lowest BCUT2D eigenvalue weighted by atomic mass is 9.81. The molecule has 0 radical (unpaired) electrons. The van der Waals surface area contributed by atoms with Gasteiger partial charge in [0.05, 0.1) is 0 Å². The molecule has 0 N–H and O–H groups in total. The molecule has 3 unspecified atom stereocenters. The first-order valence-electron chi connectivity index (χ1n) is 8.55. The molecule has 22 heavy (non-hydrogen) atoms. The molecule has 0 aromatic rings. The first kappa shape index (κ1) is 22.4. The summed E-state index contributed by atoms with van der Waals surface area (Å²) in [6.07, 6.45) is 7.50. The van der Waals surface area contributed by atoms with Crippen LogP contribution in [0, 0.1) is 11.8 Å². The molecule has 1 aliphatic carbocycles. The van der Waals surface area contributed by atoms with Crippen LogP contribution < -0.4 is 0 Å². The fourth-order valence-corrected chi connectivity index (χ4v) is 7.19. The van der Waals surface area contributed by atoms with Gasteiger partial charge in [0.1, 0.15) is 0 Å². The highest BCUT2D eigenvalue weighted by atomic mass is 32.2. The lowest BCUT2D eigenvalue weighted by molar-refractivity contribution is 0.0686. The van der Waals surface area contributed by atoms with E-state index in [0.717, 1.165) is 23.1 Å². The predicted octanol–water partition coefficient (Wildman–Crippen LogP) is 5.23. The van der Waals surface area contributed by atoms with Gasteiger partial charge in [0.2, 0.25) is 0 Å². The summed E-state index contributed by atoms with van der Waals surface area (Å²) in [5, 5.41) is 0.855. The van der Waals surface area contributed by atoms with Gasteiger partial charge in [-0.05, 0) is 64.5 Å². The van der Waals surface area contributed by atoms with Gasteiger partial charge in [-0.2, -0.15) is 11.8 Å². The Kier molecular flexibility index (Phi) is 12.1. The van der Waals surface area contributed by atoms with Gasteiger partial charge in [-0.15, -0.1) is 0 Å². The second-order valence-corrected chi connectivity index (χ2v) is 9.76. The van der Waals surface area contributed by atoms with Gasteiger partial charge in [0.15, 0.2) is 0 Å². The Morgan fingerprint density at radius 3 is 1.95 bits per heavy atom. The maximum Gasteiger partial charge on any atom is 0.500 e. The summed E-state index contributed by atoms with van der Waals surface area (Å²) in [5.74, 6) is 1.65. The monoisotopic (exact) mass is 350 g/mol. The summed E-state index contributed by atoms with van der Waals surface area (Å²) in [4.78, 5) is 0. The largest absolute Gasteiger partial charge is 0.500 e. The van der Waals surface area contributed by atoms with Crippen molar-refractivity contribution in [1.82, 2.24) is 0 Å². The quantitative estimate of drug-likeness (QED) is 0.504. The van der Waals surface area contributed by atoms with E-state index in [0.29, 0.717) is 19.8 Å². The topological polar surface area (TPSA) is 27.7 Å². The molecule has 0 aromatic carbocycles. The Labute approximate surface area is 144 Å². The molecule has 0 heterocycles. The van der Waals surface area contributed by atoms with Crippen LogP contribution in [-0.2, 0) is 13.3 Å². The predicted molar refractivity (Wildman–Crippen MR) is 101 cm³/mol. The third-order valence-electron chi connectivity index (χ3n) is 4.45. The standard InChI is InChI=1S/C16H34O3SSi.CH4/c1-6-17-21(18-7-2,19-8-3)12-11-15-9-10-16(20-5)14(4)13-15;/h14-16H,6-13H2,1-5H3;1H4. The molecular weight excluding hydrogens is 312 g/mol. The minimum absolute atomic E-state index is 0. The first-order chi connectivity index (χ1) is 10.1. The van der Waals surface area contributed by atoms with E-state index in [1.807, 2.05) is 32.5 Å². The molecule has 134 valence electrons. The van der Waals surface area contributed by atoms with Crippen LogP contribution in [0.4, 0.5) is 0 Å². The summed E-state index contributed by atoms with van der Waals surface area (Å²) in [7, 11) is -2.43. The van der Waals surface area contributed by atoms with Crippen LogP contribution in [-0.4, -0.2) is 40.1 Å². The molecule has 3 atom stereocenters. The molecule has 0 saturated heterocycles. The molecule has 1 saturated carbocycles. The van der Waals surface area contributed by atoms with E-state index >= 15 is 0 Å². The number of hydrogen-bond acceptors (Lipinski definition) is 4. The molecule has 5 heteroatoms. The van der Waals surface area contributed by atoms with Crippen LogP contribution in [0.25, 0.3) is 0 Å². The molecule has 1 aliphatic rings. The van der Waals surface area contributed by atoms with Crippen molar-refractivity contribution in [2.24, 2.45) is 11.8 Å². The third kappa shape index (κ3) is 6.91. The lowest BCUT2D eigenvalue weighted by Crippen LogP contribution is -2.46. The Balaban J connectivity index is 0.00000441. The molecule has 0 amide bonds. The average Bonchev–Trinajstić information content (AvgIpc) is 2.46. The van der Waals surface area contributed by atoms with Crippen molar-refractivity contribution < 1.29 is 13.3 Å². The van der Waals surface area contributed by atoms with Gasteiger partial charge in [0.25, 0.3) is 0 Å². The van der Waals surface area contributed by atoms with E-state index in [-0.39, 0.29) is 7.43 Å². The summed E-state index contributed by atoms with van der Waals surface area (Å²) in [5.41, 5.74) is 0. The van der Waals surface area contributed by atoms with Crippen molar-refractivity contribution >= 4 is 20.6 Å². The zero-order valence-corrected chi connectivity index (χ0v) is 16.3. The Morgan fingerprint density at radius 1 is 1.00 bits per heavy atom. The number of rotatable bonds is 10. The smallest absolute Gasteiger partial charge is 0.374 e. The van der Waals surface area contributed by atoms with Crippen molar-refractivity contribution in [3.8, 4) is 0 Å². The fourth-order valence-electron chi connectivity index (χ4n) is 3.47. The molecule has 0 aromatic heterocycles. The Bertz CT molecular complexity index is 262. The van der Waals surface area contributed by atoms with E-state index in [1.165, 1.54) is 25.7 Å². The van der Waals surface area contributed by atoms with Crippen LogP contribution in [0.2, 0.25) is 6.04 Å². The van der Waals surface area contributed by atoms with Crippen LogP contribution in [0.5, 0.6) is 0 Å². The molecule has 1 rings (SSSR count). The highest BCUT2D eigenvalue weighted by Crippen LogP contribution is 2.38. The molecular formula is C17H38O3SSi. The SMILES string of the molecule is C.CCO[Si](CCC1CCC(SC)C(C)C1)(OCC)OCC. The first-order valence-corrected chi connectivity index (χ1v) is 11.8. The van der Waals surface area contributed by atoms with Gasteiger partial charge in [-0.3, -0.25) is 0 Å². The average molecular weight is 351 g/mol. The summed E-state index contributed by atoms with van der Waals surface area (Å²) in [6, 6.07) is 0.976. The van der Waals surface area contributed by atoms with Crippen molar-refractivity contribution in [2.45, 2.75) is 72.1 Å². The zero-order chi connectivity index (χ0) is 15.7. The van der Waals surface area contributed by atoms with E-state index in [2.05, 4.69) is 13.2 Å². The van der Waals surface area contributed by atoms with Gasteiger partial charge in [0, 0.05) is 31.1 Å². The maximum atomic E-state index is 5.96. The Hall–Kier alpha value is 0.447. The van der Waals surface area contributed by atoms with Crippen molar-refractivity contribution in [3.05, 3.63) is 0 Å². The summed E-state index contributed by atoms with van der Waals surface area (Å²) < 4.78 is 17.9. The second kappa shape index (κ2) is 11.9. The van der Waals surface area contributed by atoms with Gasteiger partial charge >= 0.3 is 8.80 Å². The van der Waals surface area contributed by atoms with Crippen LogP contribution >= 0.6 is 11.8 Å². The molecule has 3 nitrogen and oxygen atoms in total. The van der Waals surface area contributed by atoms with E-state index < -0.39 is 8.80 Å². The normalized spacial score (nSPS) is 25.8. The molecule has 0 spiro atoms. The van der Waals surface area contributed by atoms with Crippen LogP contribution in [0.3, 0.4) is 0 Å². The minimum Gasteiger partial charge on any atom is -0.374 e. The highest BCUT2D eigenvalue weighted by molar-refractivity contribution is 7.99. The van der Waals surface area contributed by atoms with Crippen LogP contribution in [0.1, 0.15) is 60.8 Å². The third-order valence-corrected chi connectivity index (χ3v) is 8.85. The van der Waals surface area contributed by atoms with Gasteiger partial charge in [-0.1, -0.05) is 14.4 Å². The van der Waals surface area contributed by atoms with Crippen LogP contribution in [0.15, 0.2) is 0 Å². The fraction of sp³-hybridized carbons (Fsp3) is 1.00. The molecule has 0 bridgehead atoms. The summed E-state index contributed by atoms with van der Waals surface area (Å²) in [6.45, 7) is 10.6. The van der Waals surface area contributed by atoms with Gasteiger partial charge < -0.3 is 13.3 Å². The van der Waals surface area contributed by atoms with Crippen molar-refractivity contribution in [1.29, 1.82) is 0 Å².